The molecule has 0 atom stereocenters. The normalized spacial score (nSPS) is 14.5. The highest BCUT2D eigenvalue weighted by molar-refractivity contribution is 7.11. The number of carbonyl (C=O) groups excluding carboxylic acids is 1. The van der Waals surface area contributed by atoms with Crippen LogP contribution in [-0.4, -0.2) is 28.1 Å². The van der Waals surface area contributed by atoms with Crippen LogP contribution in [0, 0.1) is 0 Å². The van der Waals surface area contributed by atoms with E-state index in [0.717, 1.165) is 23.5 Å². The van der Waals surface area contributed by atoms with E-state index in [-0.39, 0.29) is 6.09 Å². The van der Waals surface area contributed by atoms with Crippen LogP contribution in [0.15, 0.2) is 30.3 Å². The number of ether oxygens (including phenoxy) is 1. The molecule has 1 amide bonds. The smallest absolute Gasteiger partial charge is 0.410 e. The van der Waals surface area contributed by atoms with E-state index < -0.39 is 5.60 Å². The van der Waals surface area contributed by atoms with Gasteiger partial charge in [-0.15, -0.1) is 11.3 Å². The fourth-order valence-electron chi connectivity index (χ4n) is 2.58. The lowest BCUT2D eigenvalue weighted by Gasteiger charge is -2.29. The van der Waals surface area contributed by atoms with Gasteiger partial charge in [0.15, 0.2) is 0 Å². The minimum Gasteiger partial charge on any atom is -0.444 e. The fraction of sp³-hybridized carbons (Fsp3) is 0.444. The summed E-state index contributed by atoms with van der Waals surface area (Å²) in [5, 5.41) is 1.12. The Kier molecular flexibility index (Phi) is 4.39. The van der Waals surface area contributed by atoms with Gasteiger partial charge < -0.3 is 9.64 Å². The summed E-state index contributed by atoms with van der Waals surface area (Å²) in [4.78, 5) is 19.9. The van der Waals surface area contributed by atoms with E-state index >= 15 is 0 Å². The van der Waals surface area contributed by atoms with Gasteiger partial charge in [-0.2, -0.15) is 0 Å². The average molecular weight is 330 g/mol. The van der Waals surface area contributed by atoms with Crippen LogP contribution < -0.4 is 0 Å². The van der Waals surface area contributed by atoms with E-state index in [2.05, 4.69) is 12.1 Å². The van der Waals surface area contributed by atoms with Gasteiger partial charge in [-0.1, -0.05) is 30.3 Å². The zero-order chi connectivity index (χ0) is 16.4. The summed E-state index contributed by atoms with van der Waals surface area (Å²) in [5.41, 5.74) is 1.95. The van der Waals surface area contributed by atoms with Crippen LogP contribution in [0.25, 0.3) is 0 Å². The predicted molar refractivity (Wildman–Crippen MR) is 91.7 cm³/mol. The molecule has 0 bridgehead atoms. The van der Waals surface area contributed by atoms with Gasteiger partial charge in [0, 0.05) is 24.3 Å². The summed E-state index contributed by atoms with van der Waals surface area (Å²) >= 11 is 1.71. The second-order valence-corrected chi connectivity index (χ2v) is 7.96. The number of amides is 1. The van der Waals surface area contributed by atoms with Crippen molar-refractivity contribution in [3.63, 3.8) is 0 Å². The predicted octanol–water partition coefficient (Wildman–Crippen LogP) is 4.03. The van der Waals surface area contributed by atoms with Gasteiger partial charge in [-0.05, 0) is 26.3 Å². The van der Waals surface area contributed by atoms with Crippen molar-refractivity contribution in [3.8, 4) is 0 Å². The molecule has 3 rings (SSSR count). The summed E-state index contributed by atoms with van der Waals surface area (Å²) in [6, 6.07) is 10.4. The van der Waals surface area contributed by atoms with Gasteiger partial charge in [0.05, 0.1) is 17.2 Å². The van der Waals surface area contributed by atoms with E-state index in [9.17, 15) is 4.79 Å². The van der Waals surface area contributed by atoms with Gasteiger partial charge in [-0.25, -0.2) is 9.78 Å². The van der Waals surface area contributed by atoms with Crippen LogP contribution in [0.2, 0.25) is 0 Å². The molecule has 122 valence electrons. The maximum atomic E-state index is 12.2. The molecule has 0 fully saturated rings. The molecule has 0 spiro atoms. The molecule has 0 unspecified atom stereocenters. The Bertz CT molecular complexity index is 689. The summed E-state index contributed by atoms with van der Waals surface area (Å²) in [7, 11) is 0. The first-order valence-corrected chi connectivity index (χ1v) is 8.72. The van der Waals surface area contributed by atoms with Crippen molar-refractivity contribution in [1.82, 2.24) is 9.88 Å². The zero-order valence-corrected chi connectivity index (χ0v) is 14.7. The van der Waals surface area contributed by atoms with E-state index in [0.29, 0.717) is 13.1 Å². The van der Waals surface area contributed by atoms with Crippen molar-refractivity contribution in [2.24, 2.45) is 0 Å². The first kappa shape index (κ1) is 16.0. The standard InChI is InChI=1S/C18H22N2O2S/c1-18(2,3)22-17(21)20-10-9-14-15(12-20)23-16(19-14)11-13-7-5-4-6-8-13/h4-8H,9-12H2,1-3H3. The Morgan fingerprint density at radius 2 is 2.04 bits per heavy atom. The van der Waals surface area contributed by atoms with Crippen molar-refractivity contribution in [2.75, 3.05) is 6.54 Å². The Morgan fingerprint density at radius 1 is 1.30 bits per heavy atom. The third-order valence-corrected chi connectivity index (χ3v) is 4.71. The molecule has 2 aromatic rings. The minimum atomic E-state index is -0.455. The second kappa shape index (κ2) is 6.32. The monoisotopic (exact) mass is 330 g/mol. The summed E-state index contributed by atoms with van der Waals surface area (Å²) in [6.45, 7) is 6.97. The van der Waals surface area contributed by atoms with Crippen molar-refractivity contribution in [3.05, 3.63) is 51.5 Å². The number of rotatable bonds is 2. The van der Waals surface area contributed by atoms with Gasteiger partial charge in [0.1, 0.15) is 5.60 Å². The minimum absolute atomic E-state index is 0.235. The lowest BCUT2D eigenvalue weighted by atomic mass is 10.1. The van der Waals surface area contributed by atoms with E-state index in [4.69, 9.17) is 9.72 Å². The topological polar surface area (TPSA) is 42.4 Å². The quantitative estimate of drug-likeness (QED) is 0.835. The molecule has 23 heavy (non-hydrogen) atoms. The maximum absolute atomic E-state index is 12.2. The molecule has 5 heteroatoms. The summed E-state index contributed by atoms with van der Waals surface area (Å²) < 4.78 is 5.47. The van der Waals surface area contributed by atoms with Gasteiger partial charge >= 0.3 is 6.09 Å². The lowest BCUT2D eigenvalue weighted by molar-refractivity contribution is 0.0225. The number of fused-ring (bicyclic) bond motifs is 1. The SMILES string of the molecule is CC(C)(C)OC(=O)N1CCc2nc(Cc3ccccc3)sc2C1. The highest BCUT2D eigenvalue weighted by atomic mass is 32.1. The van der Waals surface area contributed by atoms with E-state index in [1.165, 1.54) is 10.4 Å². The lowest BCUT2D eigenvalue weighted by Crippen LogP contribution is -2.39. The van der Waals surface area contributed by atoms with Crippen molar-refractivity contribution < 1.29 is 9.53 Å². The number of aromatic nitrogens is 1. The third kappa shape index (κ3) is 4.10. The Hall–Kier alpha value is -1.88. The molecule has 0 saturated heterocycles. The van der Waals surface area contributed by atoms with Gasteiger partial charge in [0.25, 0.3) is 0 Å². The molecule has 1 aliphatic rings. The van der Waals surface area contributed by atoms with Crippen LogP contribution >= 0.6 is 11.3 Å². The molecule has 1 aromatic heterocycles. The number of hydrogen-bond acceptors (Lipinski definition) is 4. The molecule has 1 aromatic carbocycles. The summed E-state index contributed by atoms with van der Waals surface area (Å²) in [6.07, 6.45) is 1.42. The van der Waals surface area contributed by atoms with Crippen molar-refractivity contribution in [1.29, 1.82) is 0 Å². The second-order valence-electron chi connectivity index (χ2n) is 6.79. The number of carbonyl (C=O) groups is 1. The number of hydrogen-bond donors (Lipinski definition) is 0. The highest BCUT2D eigenvalue weighted by Crippen LogP contribution is 2.27. The van der Waals surface area contributed by atoms with Crippen LogP contribution in [0.4, 0.5) is 4.79 Å². The molecule has 4 nitrogen and oxygen atoms in total. The van der Waals surface area contributed by atoms with Crippen LogP contribution in [0.5, 0.6) is 0 Å². The highest BCUT2D eigenvalue weighted by Gasteiger charge is 2.27. The molecule has 1 aliphatic heterocycles. The third-order valence-electron chi connectivity index (χ3n) is 3.63. The average Bonchev–Trinajstić information content (AvgIpc) is 2.87. The molecule has 2 heterocycles. The van der Waals surface area contributed by atoms with Gasteiger partial charge in [0.2, 0.25) is 0 Å². The fourth-order valence-corrected chi connectivity index (χ4v) is 3.74. The molecule has 0 aliphatic carbocycles. The number of benzene rings is 1. The Labute approximate surface area is 141 Å². The summed E-state index contributed by atoms with van der Waals surface area (Å²) in [5.74, 6) is 0. The largest absolute Gasteiger partial charge is 0.444 e. The maximum Gasteiger partial charge on any atom is 0.410 e. The van der Waals surface area contributed by atoms with Crippen molar-refractivity contribution >= 4 is 17.4 Å². The first-order chi connectivity index (χ1) is 10.9. The van der Waals surface area contributed by atoms with Crippen molar-refractivity contribution in [2.45, 2.75) is 45.8 Å². The number of nitrogens with zero attached hydrogens (tertiary/aromatic N) is 2. The van der Waals surface area contributed by atoms with E-state index in [1.54, 1.807) is 16.2 Å². The first-order valence-electron chi connectivity index (χ1n) is 7.90. The van der Waals surface area contributed by atoms with E-state index in [1.807, 2.05) is 39.0 Å². The molecule has 0 saturated carbocycles. The molecule has 0 radical (unpaired) electrons. The Balaban J connectivity index is 1.68. The van der Waals surface area contributed by atoms with Crippen LogP contribution in [-0.2, 0) is 24.1 Å². The van der Waals surface area contributed by atoms with Crippen LogP contribution in [0.1, 0.15) is 41.9 Å². The molecular formula is C18H22N2O2S. The van der Waals surface area contributed by atoms with Crippen LogP contribution in [0.3, 0.4) is 0 Å². The zero-order valence-electron chi connectivity index (χ0n) is 13.8. The molecule has 0 N–H and O–H groups in total. The molecular weight excluding hydrogens is 308 g/mol. The Morgan fingerprint density at radius 3 is 2.74 bits per heavy atom. The number of thiazole rings is 1. The van der Waals surface area contributed by atoms with Gasteiger partial charge in [-0.3, -0.25) is 0 Å².